The number of hydrogen-bond donors (Lipinski definition) is 3. The predicted octanol–water partition coefficient (Wildman–Crippen LogP) is 1.35. The third-order valence-corrected chi connectivity index (χ3v) is 3.19. The molecule has 0 saturated carbocycles. The Balaban J connectivity index is 1.81. The van der Waals surface area contributed by atoms with Gasteiger partial charge in [0.2, 0.25) is 11.8 Å². The molecular weight excluding hydrogens is 270 g/mol. The van der Waals surface area contributed by atoms with Crippen molar-refractivity contribution in [2.24, 2.45) is 0 Å². The predicted molar refractivity (Wildman–Crippen MR) is 81.2 cm³/mol. The lowest BCUT2D eigenvalue weighted by Gasteiger charge is -2.23. The van der Waals surface area contributed by atoms with Crippen LogP contribution in [0.25, 0.3) is 0 Å². The van der Waals surface area contributed by atoms with Crippen molar-refractivity contribution < 1.29 is 14.3 Å². The first-order valence-corrected chi connectivity index (χ1v) is 7.19. The topological polar surface area (TPSA) is 79.5 Å². The SMILES string of the molecule is CCC(=O)Nc1ccc(NC(=O)CC2CNCCO2)cc1. The molecule has 1 aromatic carbocycles. The molecule has 0 bridgehead atoms. The zero-order chi connectivity index (χ0) is 15.1. The van der Waals surface area contributed by atoms with Gasteiger partial charge >= 0.3 is 0 Å². The van der Waals surface area contributed by atoms with Gasteiger partial charge in [0.05, 0.1) is 19.1 Å². The molecular formula is C15H21N3O3. The minimum absolute atomic E-state index is 0.0336. The molecule has 2 rings (SSSR count). The van der Waals surface area contributed by atoms with Crippen molar-refractivity contribution in [3.05, 3.63) is 24.3 Å². The number of amides is 2. The molecule has 114 valence electrons. The molecule has 1 aliphatic rings. The minimum Gasteiger partial charge on any atom is -0.375 e. The van der Waals surface area contributed by atoms with E-state index in [0.29, 0.717) is 31.7 Å². The second kappa shape index (κ2) is 7.75. The van der Waals surface area contributed by atoms with E-state index in [2.05, 4.69) is 16.0 Å². The Kier molecular flexibility index (Phi) is 5.71. The summed E-state index contributed by atoms with van der Waals surface area (Å²) in [4.78, 5) is 23.2. The number of hydrogen-bond acceptors (Lipinski definition) is 4. The summed E-state index contributed by atoms with van der Waals surface area (Å²) in [6.45, 7) is 3.98. The van der Waals surface area contributed by atoms with Crippen LogP contribution in [0.1, 0.15) is 19.8 Å². The van der Waals surface area contributed by atoms with Crippen molar-refractivity contribution in [3.63, 3.8) is 0 Å². The molecule has 1 fully saturated rings. The zero-order valence-corrected chi connectivity index (χ0v) is 12.1. The fourth-order valence-electron chi connectivity index (χ4n) is 2.06. The molecule has 1 atom stereocenters. The van der Waals surface area contributed by atoms with Gasteiger partial charge in [0, 0.05) is 30.9 Å². The highest BCUT2D eigenvalue weighted by molar-refractivity contribution is 5.93. The van der Waals surface area contributed by atoms with Gasteiger partial charge in [-0.15, -0.1) is 0 Å². The van der Waals surface area contributed by atoms with E-state index in [1.807, 2.05) is 0 Å². The Morgan fingerprint density at radius 1 is 1.19 bits per heavy atom. The van der Waals surface area contributed by atoms with Crippen molar-refractivity contribution in [1.29, 1.82) is 0 Å². The lowest BCUT2D eigenvalue weighted by Crippen LogP contribution is -2.40. The Morgan fingerprint density at radius 3 is 2.33 bits per heavy atom. The third-order valence-electron chi connectivity index (χ3n) is 3.19. The van der Waals surface area contributed by atoms with Crippen LogP contribution in [-0.4, -0.2) is 37.6 Å². The van der Waals surface area contributed by atoms with E-state index in [4.69, 9.17) is 4.74 Å². The Hall–Kier alpha value is -1.92. The molecule has 0 spiro atoms. The van der Waals surface area contributed by atoms with Gasteiger partial charge in [0.25, 0.3) is 0 Å². The molecule has 1 saturated heterocycles. The molecule has 0 aliphatic carbocycles. The number of ether oxygens (including phenoxy) is 1. The monoisotopic (exact) mass is 291 g/mol. The highest BCUT2D eigenvalue weighted by Crippen LogP contribution is 2.14. The lowest BCUT2D eigenvalue weighted by molar-refractivity contribution is -0.119. The van der Waals surface area contributed by atoms with Crippen molar-refractivity contribution in [3.8, 4) is 0 Å². The summed E-state index contributed by atoms with van der Waals surface area (Å²) in [6, 6.07) is 7.07. The molecule has 1 unspecified atom stereocenters. The van der Waals surface area contributed by atoms with Crippen molar-refractivity contribution in [1.82, 2.24) is 5.32 Å². The van der Waals surface area contributed by atoms with Crippen LogP contribution < -0.4 is 16.0 Å². The van der Waals surface area contributed by atoms with Crippen molar-refractivity contribution >= 4 is 23.2 Å². The molecule has 6 heteroatoms. The average molecular weight is 291 g/mol. The maximum Gasteiger partial charge on any atom is 0.227 e. The fourth-order valence-corrected chi connectivity index (χ4v) is 2.06. The maximum atomic E-state index is 11.9. The van der Waals surface area contributed by atoms with Gasteiger partial charge in [-0.3, -0.25) is 9.59 Å². The van der Waals surface area contributed by atoms with Gasteiger partial charge in [-0.05, 0) is 24.3 Å². The molecule has 6 nitrogen and oxygen atoms in total. The first-order valence-electron chi connectivity index (χ1n) is 7.19. The average Bonchev–Trinajstić information content (AvgIpc) is 2.50. The number of nitrogens with one attached hydrogen (secondary N) is 3. The summed E-state index contributed by atoms with van der Waals surface area (Å²) < 4.78 is 5.49. The number of anilines is 2. The number of carbonyl (C=O) groups excluding carboxylic acids is 2. The summed E-state index contributed by atoms with van der Waals surface area (Å²) in [7, 11) is 0. The van der Waals surface area contributed by atoms with Crippen LogP contribution in [0.15, 0.2) is 24.3 Å². The minimum atomic E-state index is -0.0750. The summed E-state index contributed by atoms with van der Waals surface area (Å²) in [5.41, 5.74) is 1.43. The summed E-state index contributed by atoms with van der Waals surface area (Å²) in [6.07, 6.45) is 0.705. The first kappa shape index (κ1) is 15.5. The van der Waals surface area contributed by atoms with E-state index in [9.17, 15) is 9.59 Å². The Morgan fingerprint density at radius 2 is 1.81 bits per heavy atom. The molecule has 2 amide bonds. The number of benzene rings is 1. The van der Waals surface area contributed by atoms with Gasteiger partial charge in [0.1, 0.15) is 0 Å². The van der Waals surface area contributed by atoms with Gasteiger partial charge in [-0.25, -0.2) is 0 Å². The normalized spacial score (nSPS) is 18.0. The summed E-state index contributed by atoms with van der Waals surface area (Å²) >= 11 is 0. The highest BCUT2D eigenvalue weighted by Gasteiger charge is 2.17. The maximum absolute atomic E-state index is 11.9. The fraction of sp³-hybridized carbons (Fsp3) is 0.467. The van der Waals surface area contributed by atoms with Gasteiger partial charge < -0.3 is 20.7 Å². The van der Waals surface area contributed by atoms with Crippen molar-refractivity contribution in [2.45, 2.75) is 25.9 Å². The van der Waals surface area contributed by atoms with Crippen LogP contribution in [0.5, 0.6) is 0 Å². The Labute approximate surface area is 124 Å². The molecule has 1 aliphatic heterocycles. The van der Waals surface area contributed by atoms with E-state index in [1.54, 1.807) is 31.2 Å². The number of morpholine rings is 1. The summed E-state index contributed by atoms with van der Waals surface area (Å²) in [5, 5.41) is 8.77. The van der Waals surface area contributed by atoms with Crippen LogP contribution in [-0.2, 0) is 14.3 Å². The molecule has 21 heavy (non-hydrogen) atoms. The quantitative estimate of drug-likeness (QED) is 0.765. The lowest BCUT2D eigenvalue weighted by atomic mass is 10.2. The molecule has 0 aromatic heterocycles. The first-order chi connectivity index (χ1) is 10.2. The molecule has 1 aromatic rings. The van der Waals surface area contributed by atoms with Crippen LogP contribution in [0.2, 0.25) is 0 Å². The van der Waals surface area contributed by atoms with Crippen LogP contribution in [0.4, 0.5) is 11.4 Å². The van der Waals surface area contributed by atoms with E-state index in [0.717, 1.165) is 12.2 Å². The van der Waals surface area contributed by atoms with Crippen LogP contribution >= 0.6 is 0 Å². The third kappa shape index (κ3) is 5.17. The van der Waals surface area contributed by atoms with E-state index in [-0.39, 0.29) is 17.9 Å². The standard InChI is InChI=1S/C15H21N3O3/c1-2-14(19)17-11-3-5-12(6-4-11)18-15(20)9-13-10-16-7-8-21-13/h3-6,13,16H,2,7-10H2,1H3,(H,17,19)(H,18,20). The second-order valence-corrected chi connectivity index (χ2v) is 4.93. The Bertz CT molecular complexity index is 481. The smallest absolute Gasteiger partial charge is 0.227 e. The van der Waals surface area contributed by atoms with Gasteiger partial charge in [-0.2, -0.15) is 0 Å². The van der Waals surface area contributed by atoms with Gasteiger partial charge in [-0.1, -0.05) is 6.92 Å². The van der Waals surface area contributed by atoms with E-state index >= 15 is 0 Å². The van der Waals surface area contributed by atoms with Crippen molar-refractivity contribution in [2.75, 3.05) is 30.3 Å². The molecule has 0 radical (unpaired) electrons. The number of carbonyl (C=O) groups is 2. The second-order valence-electron chi connectivity index (χ2n) is 4.93. The van der Waals surface area contributed by atoms with Crippen LogP contribution in [0.3, 0.4) is 0 Å². The zero-order valence-electron chi connectivity index (χ0n) is 12.1. The number of rotatable bonds is 5. The largest absolute Gasteiger partial charge is 0.375 e. The van der Waals surface area contributed by atoms with E-state index in [1.165, 1.54) is 0 Å². The highest BCUT2D eigenvalue weighted by atomic mass is 16.5. The van der Waals surface area contributed by atoms with E-state index < -0.39 is 0 Å². The summed E-state index contributed by atoms with van der Waals surface area (Å²) in [5.74, 6) is -0.109. The molecule has 3 N–H and O–H groups in total. The van der Waals surface area contributed by atoms with Gasteiger partial charge in [0.15, 0.2) is 0 Å². The van der Waals surface area contributed by atoms with Crippen LogP contribution in [0, 0.1) is 0 Å². The molecule has 1 heterocycles.